The molecule has 1 aliphatic rings. The van der Waals surface area contributed by atoms with E-state index in [2.05, 4.69) is 5.10 Å². The molecule has 1 amide bonds. The lowest BCUT2D eigenvalue weighted by atomic mass is 9.97. The van der Waals surface area contributed by atoms with Gasteiger partial charge in [0, 0.05) is 26.1 Å². The first-order valence-corrected chi connectivity index (χ1v) is 10.2. The average Bonchev–Trinajstić information content (AvgIpc) is 3.08. The minimum atomic E-state index is -0.178. The predicted molar refractivity (Wildman–Crippen MR) is 114 cm³/mol. The van der Waals surface area contributed by atoms with Crippen molar-refractivity contribution in [2.75, 3.05) is 19.7 Å². The molecule has 1 saturated heterocycles. The van der Waals surface area contributed by atoms with Crippen LogP contribution >= 0.6 is 0 Å². The van der Waals surface area contributed by atoms with Crippen molar-refractivity contribution in [1.82, 2.24) is 19.2 Å². The summed E-state index contributed by atoms with van der Waals surface area (Å²) in [5.74, 6) is 1.37. The van der Waals surface area contributed by atoms with Crippen molar-refractivity contribution in [3.63, 3.8) is 0 Å². The van der Waals surface area contributed by atoms with Gasteiger partial charge in [0.25, 0.3) is 5.91 Å². The molecule has 7 nitrogen and oxygen atoms in total. The Balaban J connectivity index is 1.51. The van der Waals surface area contributed by atoms with E-state index >= 15 is 0 Å². The van der Waals surface area contributed by atoms with E-state index in [4.69, 9.17) is 4.74 Å². The molecule has 30 heavy (non-hydrogen) atoms. The Bertz CT molecular complexity index is 1090. The van der Waals surface area contributed by atoms with E-state index in [1.807, 2.05) is 66.4 Å². The number of hydrogen-bond acceptors (Lipinski definition) is 4. The van der Waals surface area contributed by atoms with Crippen molar-refractivity contribution >= 4 is 5.91 Å². The standard InChI is InChI=1S/C23H26N4O3/c1-17-9-6-7-13-20(17)30-16-21(28)26-14-8-10-18(15-26)22-24-25(2)23(29)27(22)19-11-4-3-5-12-19/h3-7,9,11-13,18H,8,10,14-16H2,1-2H3. The smallest absolute Gasteiger partial charge is 0.350 e. The third kappa shape index (κ3) is 4.01. The van der Waals surface area contributed by atoms with Gasteiger partial charge in [-0.3, -0.25) is 4.79 Å². The molecule has 4 rings (SSSR count). The van der Waals surface area contributed by atoms with Crippen LogP contribution in [0.4, 0.5) is 0 Å². The number of likely N-dealkylation sites (tertiary alicyclic amines) is 1. The minimum Gasteiger partial charge on any atom is -0.484 e. The number of rotatable bonds is 5. The van der Waals surface area contributed by atoms with Crippen LogP contribution in [0, 0.1) is 6.92 Å². The third-order valence-corrected chi connectivity index (χ3v) is 5.55. The third-order valence-electron chi connectivity index (χ3n) is 5.55. The largest absolute Gasteiger partial charge is 0.484 e. The Morgan fingerprint density at radius 3 is 2.63 bits per heavy atom. The normalized spacial score (nSPS) is 16.5. The van der Waals surface area contributed by atoms with E-state index in [0.29, 0.717) is 18.9 Å². The first-order valence-electron chi connectivity index (χ1n) is 10.2. The summed E-state index contributed by atoms with van der Waals surface area (Å²) in [7, 11) is 1.66. The zero-order valence-electron chi connectivity index (χ0n) is 17.3. The summed E-state index contributed by atoms with van der Waals surface area (Å²) >= 11 is 0. The molecule has 0 radical (unpaired) electrons. The van der Waals surface area contributed by atoms with Crippen LogP contribution in [-0.2, 0) is 11.8 Å². The van der Waals surface area contributed by atoms with Crippen LogP contribution in [0.5, 0.6) is 5.75 Å². The van der Waals surface area contributed by atoms with E-state index in [-0.39, 0.29) is 24.1 Å². The summed E-state index contributed by atoms with van der Waals surface area (Å²) in [5, 5.41) is 4.51. The van der Waals surface area contributed by atoms with Gasteiger partial charge < -0.3 is 9.64 Å². The van der Waals surface area contributed by atoms with Crippen LogP contribution in [-0.4, -0.2) is 44.9 Å². The second-order valence-electron chi connectivity index (χ2n) is 7.67. The fourth-order valence-corrected chi connectivity index (χ4v) is 3.93. The molecule has 3 aromatic rings. The molecule has 7 heteroatoms. The van der Waals surface area contributed by atoms with Crippen molar-refractivity contribution in [3.8, 4) is 11.4 Å². The Labute approximate surface area is 175 Å². The number of aryl methyl sites for hydroxylation is 2. The summed E-state index contributed by atoms with van der Waals surface area (Å²) < 4.78 is 8.76. The number of aromatic nitrogens is 3. The molecule has 0 saturated carbocycles. The number of piperidine rings is 1. The van der Waals surface area contributed by atoms with Gasteiger partial charge in [0.1, 0.15) is 11.6 Å². The van der Waals surface area contributed by atoms with Gasteiger partial charge in [-0.15, -0.1) is 0 Å². The number of nitrogens with zero attached hydrogens (tertiary/aromatic N) is 4. The Morgan fingerprint density at radius 1 is 1.13 bits per heavy atom. The highest BCUT2D eigenvalue weighted by Crippen LogP contribution is 2.27. The van der Waals surface area contributed by atoms with Crippen molar-refractivity contribution < 1.29 is 9.53 Å². The molecule has 1 aliphatic heterocycles. The van der Waals surface area contributed by atoms with Gasteiger partial charge in [-0.2, -0.15) is 5.10 Å². The van der Waals surface area contributed by atoms with Gasteiger partial charge >= 0.3 is 5.69 Å². The van der Waals surface area contributed by atoms with Crippen LogP contribution in [0.25, 0.3) is 5.69 Å². The van der Waals surface area contributed by atoms with E-state index in [9.17, 15) is 9.59 Å². The topological polar surface area (TPSA) is 69.4 Å². The fourth-order valence-electron chi connectivity index (χ4n) is 3.93. The maximum atomic E-state index is 12.8. The van der Waals surface area contributed by atoms with Gasteiger partial charge in [0.05, 0.1) is 5.69 Å². The Hall–Kier alpha value is -3.35. The van der Waals surface area contributed by atoms with E-state index in [1.54, 1.807) is 11.6 Å². The number of ether oxygens (including phenoxy) is 1. The Kier molecular flexibility index (Phi) is 5.70. The van der Waals surface area contributed by atoms with E-state index in [0.717, 1.165) is 29.8 Å². The van der Waals surface area contributed by atoms with Crippen molar-refractivity contribution in [1.29, 1.82) is 0 Å². The maximum absolute atomic E-state index is 12.8. The molecule has 1 aromatic heterocycles. The van der Waals surface area contributed by atoms with Crippen molar-refractivity contribution in [3.05, 3.63) is 76.5 Å². The van der Waals surface area contributed by atoms with Crippen LogP contribution in [0.2, 0.25) is 0 Å². The lowest BCUT2D eigenvalue weighted by Crippen LogP contribution is -2.42. The SMILES string of the molecule is Cc1ccccc1OCC(=O)N1CCCC(c2nn(C)c(=O)n2-c2ccccc2)C1. The molecule has 0 N–H and O–H groups in total. The second kappa shape index (κ2) is 8.57. The number of benzene rings is 2. The number of carbonyl (C=O) groups is 1. The highest BCUT2D eigenvalue weighted by molar-refractivity contribution is 5.78. The van der Waals surface area contributed by atoms with Crippen molar-refractivity contribution in [2.24, 2.45) is 7.05 Å². The highest BCUT2D eigenvalue weighted by Gasteiger charge is 2.29. The van der Waals surface area contributed by atoms with Gasteiger partial charge in [-0.05, 0) is 43.5 Å². The van der Waals surface area contributed by atoms with Gasteiger partial charge in [-0.25, -0.2) is 14.0 Å². The summed E-state index contributed by atoms with van der Waals surface area (Å²) in [6.45, 7) is 3.18. The number of para-hydroxylation sites is 2. The Morgan fingerprint density at radius 2 is 1.87 bits per heavy atom. The molecule has 156 valence electrons. The minimum absolute atomic E-state index is 0.00438. The molecule has 0 aliphatic carbocycles. The first-order chi connectivity index (χ1) is 14.5. The molecule has 1 unspecified atom stereocenters. The van der Waals surface area contributed by atoms with E-state index in [1.165, 1.54) is 4.68 Å². The van der Waals surface area contributed by atoms with E-state index < -0.39 is 0 Å². The maximum Gasteiger partial charge on any atom is 0.350 e. The van der Waals surface area contributed by atoms with Gasteiger partial charge in [-0.1, -0.05) is 36.4 Å². The lowest BCUT2D eigenvalue weighted by molar-refractivity contribution is -0.134. The van der Waals surface area contributed by atoms with Gasteiger partial charge in [0.2, 0.25) is 0 Å². The summed E-state index contributed by atoms with van der Waals surface area (Å²) in [6, 6.07) is 17.2. The quantitative estimate of drug-likeness (QED) is 0.653. The fraction of sp³-hybridized carbons (Fsp3) is 0.348. The molecule has 2 aromatic carbocycles. The first kappa shape index (κ1) is 19.9. The van der Waals surface area contributed by atoms with Crippen LogP contribution in [0.15, 0.2) is 59.4 Å². The van der Waals surface area contributed by atoms with Crippen LogP contribution < -0.4 is 10.4 Å². The molecule has 0 spiro atoms. The van der Waals surface area contributed by atoms with Crippen LogP contribution in [0.3, 0.4) is 0 Å². The second-order valence-corrected chi connectivity index (χ2v) is 7.67. The predicted octanol–water partition coefficient (Wildman–Crippen LogP) is 2.66. The summed E-state index contributed by atoms with van der Waals surface area (Å²) in [5.41, 5.74) is 1.61. The molecular formula is C23H26N4O3. The molecule has 0 bridgehead atoms. The zero-order valence-corrected chi connectivity index (χ0v) is 17.3. The van der Waals surface area contributed by atoms with Gasteiger partial charge in [0.15, 0.2) is 6.61 Å². The number of amides is 1. The zero-order chi connectivity index (χ0) is 21.1. The lowest BCUT2D eigenvalue weighted by Gasteiger charge is -2.32. The molecule has 2 heterocycles. The number of carbonyl (C=O) groups excluding carboxylic acids is 1. The molecule has 1 atom stereocenters. The molecular weight excluding hydrogens is 380 g/mol. The summed E-state index contributed by atoms with van der Waals surface area (Å²) in [4.78, 5) is 27.3. The monoisotopic (exact) mass is 406 g/mol. The average molecular weight is 406 g/mol. The summed E-state index contributed by atoms with van der Waals surface area (Å²) in [6.07, 6.45) is 1.74. The highest BCUT2D eigenvalue weighted by atomic mass is 16.5. The number of hydrogen-bond donors (Lipinski definition) is 0. The van der Waals surface area contributed by atoms with Crippen LogP contribution in [0.1, 0.15) is 30.1 Å². The van der Waals surface area contributed by atoms with Crippen molar-refractivity contribution in [2.45, 2.75) is 25.7 Å². The molecule has 1 fully saturated rings.